The predicted octanol–water partition coefficient (Wildman–Crippen LogP) is 2.92. The first-order valence-corrected chi connectivity index (χ1v) is 6.12. The number of ether oxygens (including phenoxy) is 1. The fraction of sp³-hybridized carbons (Fsp3) is 0.400. The Balaban J connectivity index is 2.53. The summed E-state index contributed by atoms with van der Waals surface area (Å²) in [4.78, 5) is 11.7. The van der Waals surface area contributed by atoms with E-state index in [1.165, 1.54) is 0 Å². The second-order valence-corrected chi connectivity index (χ2v) is 4.70. The molecule has 0 aromatic heterocycles. The summed E-state index contributed by atoms with van der Waals surface area (Å²) in [5.41, 5.74) is 2.66. The summed E-state index contributed by atoms with van der Waals surface area (Å²) in [5.74, 6) is -0.0747. The molecular weight excluding hydrogens is 226 g/mol. The Morgan fingerprint density at radius 2 is 1.94 bits per heavy atom. The number of hydrogen-bond acceptors (Lipinski definition) is 2. The van der Waals surface area contributed by atoms with E-state index in [0.29, 0.717) is 18.7 Å². The van der Waals surface area contributed by atoms with E-state index < -0.39 is 0 Å². The van der Waals surface area contributed by atoms with E-state index in [9.17, 15) is 4.79 Å². The Labute approximate surface area is 109 Å². The van der Waals surface area contributed by atoms with E-state index in [4.69, 9.17) is 4.74 Å². The van der Waals surface area contributed by atoms with Crippen LogP contribution in [0.5, 0.6) is 0 Å². The van der Waals surface area contributed by atoms with E-state index >= 15 is 0 Å². The Morgan fingerprint density at radius 1 is 1.33 bits per heavy atom. The topological polar surface area (TPSA) is 38.3 Å². The maximum atomic E-state index is 11.7. The van der Waals surface area contributed by atoms with Gasteiger partial charge in [-0.1, -0.05) is 24.3 Å². The standard InChI is InChI=1S/C15H21NO2/c1-11(2)9-16-15(17)14-7-5-13(6-8-14)10-18-12(3)4/h5-8,12H,1,9-10H2,2-4H3,(H,16,17). The lowest BCUT2D eigenvalue weighted by molar-refractivity contribution is 0.0657. The second kappa shape index (κ2) is 6.97. The van der Waals surface area contributed by atoms with Gasteiger partial charge in [-0.25, -0.2) is 0 Å². The molecule has 1 N–H and O–H groups in total. The van der Waals surface area contributed by atoms with Gasteiger partial charge >= 0.3 is 0 Å². The quantitative estimate of drug-likeness (QED) is 0.785. The van der Waals surface area contributed by atoms with Crippen molar-refractivity contribution in [3.8, 4) is 0 Å². The van der Waals surface area contributed by atoms with Gasteiger partial charge < -0.3 is 10.1 Å². The number of nitrogens with one attached hydrogen (secondary N) is 1. The highest BCUT2D eigenvalue weighted by molar-refractivity contribution is 5.94. The van der Waals surface area contributed by atoms with Crippen molar-refractivity contribution in [2.45, 2.75) is 33.5 Å². The van der Waals surface area contributed by atoms with Gasteiger partial charge in [-0.3, -0.25) is 4.79 Å². The first kappa shape index (κ1) is 14.5. The van der Waals surface area contributed by atoms with Crippen molar-refractivity contribution in [2.24, 2.45) is 0 Å². The zero-order valence-corrected chi connectivity index (χ0v) is 11.3. The minimum Gasteiger partial charge on any atom is -0.374 e. The molecule has 1 aromatic rings. The number of benzene rings is 1. The van der Waals surface area contributed by atoms with Crippen molar-refractivity contribution in [3.63, 3.8) is 0 Å². The molecule has 18 heavy (non-hydrogen) atoms. The van der Waals surface area contributed by atoms with Crippen LogP contribution in [0.1, 0.15) is 36.7 Å². The first-order chi connectivity index (χ1) is 8.49. The lowest BCUT2D eigenvalue weighted by Crippen LogP contribution is -2.24. The molecule has 0 radical (unpaired) electrons. The molecule has 0 unspecified atom stereocenters. The van der Waals surface area contributed by atoms with Gasteiger partial charge in [0.1, 0.15) is 0 Å². The number of amides is 1. The fourth-order valence-electron chi connectivity index (χ4n) is 1.35. The molecule has 3 heteroatoms. The molecule has 0 saturated carbocycles. The zero-order chi connectivity index (χ0) is 13.5. The van der Waals surface area contributed by atoms with Gasteiger partial charge in [-0.2, -0.15) is 0 Å². The molecule has 0 spiro atoms. The number of rotatable bonds is 6. The Kier molecular flexibility index (Phi) is 5.59. The molecule has 0 saturated heterocycles. The van der Waals surface area contributed by atoms with Gasteiger partial charge in [-0.15, -0.1) is 0 Å². The van der Waals surface area contributed by atoms with E-state index in [1.807, 2.05) is 45.0 Å². The van der Waals surface area contributed by atoms with Crippen LogP contribution in [0.15, 0.2) is 36.4 Å². The lowest BCUT2D eigenvalue weighted by atomic mass is 10.1. The highest BCUT2D eigenvalue weighted by Crippen LogP contribution is 2.07. The van der Waals surface area contributed by atoms with E-state index in [2.05, 4.69) is 11.9 Å². The molecule has 0 fully saturated rings. The minimum absolute atomic E-state index is 0.0747. The molecule has 0 aliphatic carbocycles. The molecule has 98 valence electrons. The maximum Gasteiger partial charge on any atom is 0.251 e. The monoisotopic (exact) mass is 247 g/mol. The van der Waals surface area contributed by atoms with Gasteiger partial charge in [0.15, 0.2) is 0 Å². The van der Waals surface area contributed by atoms with Gasteiger partial charge in [0.05, 0.1) is 12.7 Å². The van der Waals surface area contributed by atoms with Crippen molar-refractivity contribution in [2.75, 3.05) is 6.54 Å². The maximum absolute atomic E-state index is 11.7. The molecule has 0 atom stereocenters. The van der Waals surface area contributed by atoms with Crippen LogP contribution in [0.3, 0.4) is 0 Å². The third kappa shape index (κ3) is 5.15. The van der Waals surface area contributed by atoms with Crippen LogP contribution in [-0.4, -0.2) is 18.6 Å². The predicted molar refractivity (Wildman–Crippen MR) is 73.5 cm³/mol. The summed E-state index contributed by atoms with van der Waals surface area (Å²) in [6.45, 7) is 10.7. The summed E-state index contributed by atoms with van der Waals surface area (Å²) in [6, 6.07) is 7.45. The summed E-state index contributed by atoms with van der Waals surface area (Å²) in [6.07, 6.45) is 0.212. The number of carbonyl (C=O) groups excluding carboxylic acids is 1. The van der Waals surface area contributed by atoms with Crippen LogP contribution in [0.2, 0.25) is 0 Å². The normalized spacial score (nSPS) is 10.4. The Hall–Kier alpha value is -1.61. The van der Waals surface area contributed by atoms with Crippen molar-refractivity contribution in [1.82, 2.24) is 5.32 Å². The average Bonchev–Trinajstić information content (AvgIpc) is 2.34. The third-order valence-electron chi connectivity index (χ3n) is 2.35. The van der Waals surface area contributed by atoms with Crippen LogP contribution in [0.4, 0.5) is 0 Å². The third-order valence-corrected chi connectivity index (χ3v) is 2.35. The van der Waals surface area contributed by atoms with Gasteiger partial charge in [0, 0.05) is 12.1 Å². The molecule has 3 nitrogen and oxygen atoms in total. The molecule has 1 aromatic carbocycles. The second-order valence-electron chi connectivity index (χ2n) is 4.70. The van der Waals surface area contributed by atoms with E-state index in [1.54, 1.807) is 0 Å². The smallest absolute Gasteiger partial charge is 0.251 e. The number of carbonyl (C=O) groups is 1. The fourth-order valence-corrected chi connectivity index (χ4v) is 1.35. The molecule has 1 rings (SSSR count). The summed E-state index contributed by atoms with van der Waals surface area (Å²) >= 11 is 0. The minimum atomic E-state index is -0.0747. The van der Waals surface area contributed by atoms with Crippen molar-refractivity contribution in [3.05, 3.63) is 47.5 Å². The number of hydrogen-bond donors (Lipinski definition) is 1. The van der Waals surface area contributed by atoms with Crippen LogP contribution >= 0.6 is 0 Å². The van der Waals surface area contributed by atoms with Gasteiger partial charge in [0.25, 0.3) is 5.91 Å². The first-order valence-electron chi connectivity index (χ1n) is 6.12. The van der Waals surface area contributed by atoms with Gasteiger partial charge in [0.2, 0.25) is 0 Å². The van der Waals surface area contributed by atoms with Crippen LogP contribution in [0.25, 0.3) is 0 Å². The summed E-state index contributed by atoms with van der Waals surface area (Å²) in [7, 11) is 0. The molecule has 0 bridgehead atoms. The highest BCUT2D eigenvalue weighted by atomic mass is 16.5. The van der Waals surface area contributed by atoms with Crippen molar-refractivity contribution in [1.29, 1.82) is 0 Å². The van der Waals surface area contributed by atoms with Crippen LogP contribution < -0.4 is 5.32 Å². The van der Waals surface area contributed by atoms with Crippen LogP contribution in [0, 0.1) is 0 Å². The summed E-state index contributed by atoms with van der Waals surface area (Å²) in [5, 5.41) is 2.80. The lowest BCUT2D eigenvalue weighted by Gasteiger charge is -2.08. The molecule has 0 heterocycles. The van der Waals surface area contributed by atoms with E-state index in [0.717, 1.165) is 11.1 Å². The molecular formula is C15H21NO2. The van der Waals surface area contributed by atoms with Gasteiger partial charge in [-0.05, 0) is 38.5 Å². The van der Waals surface area contributed by atoms with E-state index in [-0.39, 0.29) is 12.0 Å². The summed E-state index contributed by atoms with van der Waals surface area (Å²) < 4.78 is 5.50. The Bertz CT molecular complexity index is 407. The van der Waals surface area contributed by atoms with Crippen LogP contribution in [-0.2, 0) is 11.3 Å². The molecule has 0 aliphatic rings. The average molecular weight is 247 g/mol. The SMILES string of the molecule is C=C(C)CNC(=O)c1ccc(COC(C)C)cc1. The zero-order valence-electron chi connectivity index (χ0n) is 11.3. The highest BCUT2D eigenvalue weighted by Gasteiger charge is 2.04. The molecule has 0 aliphatic heterocycles. The van der Waals surface area contributed by atoms with Crippen molar-refractivity contribution < 1.29 is 9.53 Å². The largest absolute Gasteiger partial charge is 0.374 e. The molecule has 1 amide bonds. The Morgan fingerprint density at radius 3 is 2.44 bits per heavy atom. The van der Waals surface area contributed by atoms with Crippen molar-refractivity contribution >= 4 is 5.91 Å².